The molecule has 1 N–H and O–H groups in total. The summed E-state index contributed by atoms with van der Waals surface area (Å²) in [6, 6.07) is 0.380. The normalized spacial score (nSPS) is 33.7. The lowest BCUT2D eigenvalue weighted by Crippen LogP contribution is -2.32. The molecule has 2 rings (SSSR count). The summed E-state index contributed by atoms with van der Waals surface area (Å²) < 4.78 is 0. The minimum absolute atomic E-state index is 0.336. The molecule has 58 valence electrons. The molecule has 11 heavy (non-hydrogen) atoms. The highest BCUT2D eigenvalue weighted by molar-refractivity contribution is 6.03. The minimum Gasteiger partial charge on any atom is -0.284 e. The third-order valence-corrected chi connectivity index (χ3v) is 2.06. The lowest BCUT2D eigenvalue weighted by Gasteiger charge is -2.09. The molecule has 0 fully saturated rings. The van der Waals surface area contributed by atoms with E-state index in [1.807, 2.05) is 6.08 Å². The van der Waals surface area contributed by atoms with Gasteiger partial charge in [-0.1, -0.05) is 25.2 Å². The molecule has 0 amide bonds. The van der Waals surface area contributed by atoms with E-state index in [-0.39, 0.29) is 0 Å². The van der Waals surface area contributed by atoms with E-state index >= 15 is 0 Å². The van der Waals surface area contributed by atoms with Crippen LogP contribution < -0.4 is 5.32 Å². The van der Waals surface area contributed by atoms with Crippen LogP contribution in [-0.4, -0.2) is 17.9 Å². The van der Waals surface area contributed by atoms with E-state index in [1.54, 1.807) is 0 Å². The lowest BCUT2D eigenvalue weighted by molar-refractivity contribution is 0.556. The number of fused-ring (bicyclic) bond motifs is 1. The molecule has 0 aromatic heterocycles. The first-order chi connectivity index (χ1) is 5.40. The fourth-order valence-corrected chi connectivity index (χ4v) is 1.43. The monoisotopic (exact) mass is 148 g/mol. The maximum absolute atomic E-state index is 4.50. The van der Waals surface area contributed by atoms with Crippen molar-refractivity contribution in [1.29, 1.82) is 0 Å². The van der Waals surface area contributed by atoms with Crippen LogP contribution in [0, 0.1) is 0 Å². The van der Waals surface area contributed by atoms with Gasteiger partial charge in [-0.25, -0.2) is 0 Å². The average molecular weight is 148 g/mol. The fourth-order valence-electron chi connectivity index (χ4n) is 1.43. The molecular formula is C9H12N2. The van der Waals surface area contributed by atoms with Gasteiger partial charge in [0.1, 0.15) is 6.17 Å². The molecule has 1 aliphatic heterocycles. The zero-order valence-corrected chi connectivity index (χ0v) is 6.62. The second-order valence-corrected chi connectivity index (χ2v) is 2.87. The van der Waals surface area contributed by atoms with Gasteiger partial charge >= 0.3 is 0 Å². The Balaban J connectivity index is 2.19. The minimum atomic E-state index is 0.336. The Hall–Kier alpha value is -0.890. The van der Waals surface area contributed by atoms with Gasteiger partial charge in [0.25, 0.3) is 0 Å². The van der Waals surface area contributed by atoms with Crippen molar-refractivity contribution in [3.8, 4) is 0 Å². The molecule has 0 aromatic rings. The van der Waals surface area contributed by atoms with Crippen LogP contribution in [-0.2, 0) is 0 Å². The van der Waals surface area contributed by atoms with Crippen LogP contribution in [0.25, 0.3) is 0 Å². The summed E-state index contributed by atoms with van der Waals surface area (Å²) in [5, 5.41) is 3.40. The SMILES string of the molecule is CCC1N=C2C=CC=CC2N1. The molecule has 2 atom stereocenters. The van der Waals surface area contributed by atoms with Crippen LogP contribution >= 0.6 is 0 Å². The van der Waals surface area contributed by atoms with Crippen LogP contribution in [0.3, 0.4) is 0 Å². The molecule has 1 heterocycles. The maximum atomic E-state index is 4.50. The predicted octanol–water partition coefficient (Wildman–Crippen LogP) is 1.26. The van der Waals surface area contributed by atoms with Crippen molar-refractivity contribution in [2.24, 2.45) is 4.99 Å². The quantitative estimate of drug-likeness (QED) is 0.595. The van der Waals surface area contributed by atoms with E-state index in [0.29, 0.717) is 12.2 Å². The number of nitrogens with one attached hydrogen (secondary N) is 1. The summed E-state index contributed by atoms with van der Waals surface area (Å²) in [6.07, 6.45) is 9.73. The van der Waals surface area contributed by atoms with Crippen LogP contribution in [0.1, 0.15) is 13.3 Å². The summed E-state index contributed by atoms with van der Waals surface area (Å²) in [5.74, 6) is 0. The van der Waals surface area contributed by atoms with Crippen LogP contribution in [0.4, 0.5) is 0 Å². The molecule has 0 radical (unpaired) electrons. The molecule has 0 spiro atoms. The van der Waals surface area contributed by atoms with Gasteiger partial charge in [-0.2, -0.15) is 0 Å². The predicted molar refractivity (Wildman–Crippen MR) is 46.7 cm³/mol. The number of nitrogens with zero attached hydrogens (tertiary/aromatic N) is 1. The standard InChI is InChI=1S/C9H12N2/c1-2-9-10-7-5-3-4-6-8(7)11-9/h3-7,9-10H,2H2,1H3. The van der Waals surface area contributed by atoms with E-state index in [0.717, 1.165) is 6.42 Å². The largest absolute Gasteiger partial charge is 0.284 e. The molecule has 2 heteroatoms. The number of allylic oxidation sites excluding steroid dienone is 2. The summed E-state index contributed by atoms with van der Waals surface area (Å²) >= 11 is 0. The van der Waals surface area contributed by atoms with E-state index in [4.69, 9.17) is 0 Å². The van der Waals surface area contributed by atoms with Gasteiger partial charge in [-0.05, 0) is 12.5 Å². The summed E-state index contributed by atoms with van der Waals surface area (Å²) in [6.45, 7) is 2.15. The topological polar surface area (TPSA) is 24.4 Å². The van der Waals surface area contributed by atoms with Crippen molar-refractivity contribution in [3.63, 3.8) is 0 Å². The molecule has 2 nitrogen and oxygen atoms in total. The first-order valence-electron chi connectivity index (χ1n) is 4.09. The molecule has 0 bridgehead atoms. The highest BCUT2D eigenvalue weighted by Crippen LogP contribution is 2.12. The summed E-state index contributed by atoms with van der Waals surface area (Å²) in [4.78, 5) is 4.50. The molecule has 0 saturated heterocycles. The van der Waals surface area contributed by atoms with Crippen LogP contribution in [0.15, 0.2) is 29.3 Å². The fraction of sp³-hybridized carbons (Fsp3) is 0.444. The second kappa shape index (κ2) is 2.62. The Morgan fingerprint density at radius 3 is 3.18 bits per heavy atom. The highest BCUT2D eigenvalue weighted by Gasteiger charge is 2.22. The lowest BCUT2D eigenvalue weighted by atomic mass is 10.1. The third kappa shape index (κ3) is 1.14. The zero-order chi connectivity index (χ0) is 7.68. The van der Waals surface area contributed by atoms with Crippen LogP contribution in [0.5, 0.6) is 0 Å². The van der Waals surface area contributed by atoms with Gasteiger partial charge in [0.2, 0.25) is 0 Å². The molecule has 2 aliphatic rings. The van der Waals surface area contributed by atoms with E-state index in [2.05, 4.69) is 35.5 Å². The number of hydrogen-bond acceptors (Lipinski definition) is 2. The molecule has 0 aromatic carbocycles. The second-order valence-electron chi connectivity index (χ2n) is 2.87. The first kappa shape index (κ1) is 6.80. The Bertz CT molecular complexity index is 238. The maximum Gasteiger partial charge on any atom is 0.100 e. The van der Waals surface area contributed by atoms with E-state index in [1.165, 1.54) is 5.71 Å². The number of hydrogen-bond donors (Lipinski definition) is 1. The van der Waals surface area contributed by atoms with Crippen molar-refractivity contribution in [2.75, 3.05) is 0 Å². The van der Waals surface area contributed by atoms with E-state index < -0.39 is 0 Å². The van der Waals surface area contributed by atoms with Crippen molar-refractivity contribution in [3.05, 3.63) is 24.3 Å². The van der Waals surface area contributed by atoms with Gasteiger partial charge in [0.15, 0.2) is 0 Å². The zero-order valence-electron chi connectivity index (χ0n) is 6.62. The number of rotatable bonds is 1. The molecule has 2 unspecified atom stereocenters. The Morgan fingerprint density at radius 2 is 2.45 bits per heavy atom. The van der Waals surface area contributed by atoms with Gasteiger partial charge in [-0.3, -0.25) is 10.3 Å². The first-order valence-corrected chi connectivity index (χ1v) is 4.09. The Kier molecular flexibility index (Phi) is 1.62. The Morgan fingerprint density at radius 1 is 1.55 bits per heavy atom. The smallest absolute Gasteiger partial charge is 0.100 e. The van der Waals surface area contributed by atoms with Gasteiger partial charge in [-0.15, -0.1) is 0 Å². The van der Waals surface area contributed by atoms with Crippen molar-refractivity contribution in [2.45, 2.75) is 25.6 Å². The van der Waals surface area contributed by atoms with Gasteiger partial charge in [0, 0.05) is 0 Å². The third-order valence-electron chi connectivity index (χ3n) is 2.06. The molecular weight excluding hydrogens is 136 g/mol. The summed E-state index contributed by atoms with van der Waals surface area (Å²) in [7, 11) is 0. The van der Waals surface area contributed by atoms with Crippen molar-refractivity contribution in [1.82, 2.24) is 5.32 Å². The van der Waals surface area contributed by atoms with E-state index in [9.17, 15) is 0 Å². The van der Waals surface area contributed by atoms with Crippen LogP contribution in [0.2, 0.25) is 0 Å². The summed E-state index contributed by atoms with van der Waals surface area (Å²) in [5.41, 5.74) is 1.18. The van der Waals surface area contributed by atoms with Gasteiger partial charge in [0.05, 0.1) is 11.8 Å². The number of aliphatic imine (C=N–C) groups is 1. The van der Waals surface area contributed by atoms with Crippen molar-refractivity contribution < 1.29 is 0 Å². The van der Waals surface area contributed by atoms with Gasteiger partial charge < -0.3 is 0 Å². The highest BCUT2D eigenvalue weighted by atomic mass is 15.2. The molecule has 1 aliphatic carbocycles. The molecule has 0 saturated carbocycles. The average Bonchev–Trinajstić information content (AvgIpc) is 2.46. The Labute approximate surface area is 66.7 Å². The van der Waals surface area contributed by atoms with Crippen molar-refractivity contribution >= 4 is 5.71 Å².